The number of hydrogen-bond acceptors (Lipinski definition) is 3. The zero-order chi connectivity index (χ0) is 27.0. The van der Waals surface area contributed by atoms with Crippen LogP contribution in [0.3, 0.4) is 0 Å². The Morgan fingerprint density at radius 1 is 0.892 bits per heavy atom. The molecule has 0 aliphatic rings. The number of ether oxygens (including phenoxy) is 1. The Labute approximate surface area is 221 Å². The molecule has 0 heterocycles. The van der Waals surface area contributed by atoms with Crippen molar-refractivity contribution >= 4 is 11.8 Å². The van der Waals surface area contributed by atoms with Crippen molar-refractivity contribution in [3.05, 3.63) is 101 Å². The molecule has 1 atom stereocenters. The lowest BCUT2D eigenvalue weighted by Crippen LogP contribution is -2.52. The van der Waals surface area contributed by atoms with Gasteiger partial charge in [-0.3, -0.25) is 9.59 Å². The molecule has 3 aromatic carbocycles. The van der Waals surface area contributed by atoms with E-state index < -0.39 is 6.04 Å². The molecule has 3 aromatic rings. The molecule has 0 unspecified atom stereocenters. The first-order chi connectivity index (χ1) is 17.5. The Morgan fingerprint density at radius 2 is 1.54 bits per heavy atom. The number of nitrogens with one attached hydrogen (secondary N) is 1. The SMILES string of the molecule is Cc1cccc(CN(C(=O)COc2ccccc2C(C)(C)C)[C@@H](Cc2ccccc2)C(=O)NC(C)C)c1. The van der Waals surface area contributed by atoms with Crippen LogP contribution in [0.25, 0.3) is 0 Å². The average Bonchev–Trinajstić information content (AvgIpc) is 2.84. The lowest BCUT2D eigenvalue weighted by Gasteiger charge is -2.32. The third-order valence-corrected chi connectivity index (χ3v) is 6.18. The number of carbonyl (C=O) groups is 2. The van der Waals surface area contributed by atoms with Crippen LogP contribution < -0.4 is 10.1 Å². The molecule has 0 aliphatic heterocycles. The summed E-state index contributed by atoms with van der Waals surface area (Å²) in [7, 11) is 0. The number of amides is 2. The topological polar surface area (TPSA) is 58.6 Å². The molecule has 196 valence electrons. The summed E-state index contributed by atoms with van der Waals surface area (Å²) in [6.45, 7) is 12.4. The Balaban J connectivity index is 1.94. The Morgan fingerprint density at radius 3 is 2.19 bits per heavy atom. The molecule has 0 aromatic heterocycles. The van der Waals surface area contributed by atoms with E-state index in [4.69, 9.17) is 4.74 Å². The molecule has 0 radical (unpaired) electrons. The number of aryl methyl sites for hydroxylation is 1. The zero-order valence-corrected chi connectivity index (χ0v) is 23.0. The van der Waals surface area contributed by atoms with Crippen LogP contribution in [0.2, 0.25) is 0 Å². The number of hydrogen-bond donors (Lipinski definition) is 1. The van der Waals surface area contributed by atoms with Crippen molar-refractivity contribution in [3.8, 4) is 5.75 Å². The van der Waals surface area contributed by atoms with E-state index in [1.165, 1.54) is 0 Å². The van der Waals surface area contributed by atoms with E-state index in [-0.39, 0.29) is 29.9 Å². The van der Waals surface area contributed by atoms with Crippen molar-refractivity contribution < 1.29 is 14.3 Å². The van der Waals surface area contributed by atoms with Crippen LogP contribution in [0.5, 0.6) is 5.75 Å². The number of para-hydroxylation sites is 1. The lowest BCUT2D eigenvalue weighted by atomic mass is 9.86. The van der Waals surface area contributed by atoms with Crippen molar-refractivity contribution in [2.24, 2.45) is 0 Å². The fourth-order valence-electron chi connectivity index (χ4n) is 4.38. The van der Waals surface area contributed by atoms with Gasteiger partial charge in [-0.05, 0) is 48.9 Å². The van der Waals surface area contributed by atoms with Crippen LogP contribution in [-0.2, 0) is 28.0 Å². The van der Waals surface area contributed by atoms with E-state index in [9.17, 15) is 9.59 Å². The largest absolute Gasteiger partial charge is 0.483 e. The highest BCUT2D eigenvalue weighted by Gasteiger charge is 2.31. The quantitative estimate of drug-likeness (QED) is 0.381. The van der Waals surface area contributed by atoms with E-state index in [0.717, 1.165) is 22.3 Å². The fraction of sp³-hybridized carbons (Fsp3) is 0.375. The van der Waals surface area contributed by atoms with Crippen molar-refractivity contribution in [1.82, 2.24) is 10.2 Å². The van der Waals surface area contributed by atoms with Crippen LogP contribution in [0.4, 0.5) is 0 Å². The van der Waals surface area contributed by atoms with Gasteiger partial charge in [0.05, 0.1) is 0 Å². The average molecular weight is 501 g/mol. The van der Waals surface area contributed by atoms with Gasteiger partial charge in [-0.1, -0.05) is 99.1 Å². The summed E-state index contributed by atoms with van der Waals surface area (Å²) in [6, 6.07) is 24.9. The molecule has 5 heteroatoms. The number of carbonyl (C=O) groups excluding carboxylic acids is 2. The van der Waals surface area contributed by atoms with Gasteiger partial charge in [-0.15, -0.1) is 0 Å². The molecule has 2 amide bonds. The first-order valence-electron chi connectivity index (χ1n) is 13.0. The van der Waals surface area contributed by atoms with E-state index in [1.54, 1.807) is 4.90 Å². The highest BCUT2D eigenvalue weighted by Crippen LogP contribution is 2.31. The molecule has 0 fully saturated rings. The zero-order valence-electron chi connectivity index (χ0n) is 23.0. The van der Waals surface area contributed by atoms with Gasteiger partial charge in [0.25, 0.3) is 5.91 Å². The van der Waals surface area contributed by atoms with Gasteiger partial charge >= 0.3 is 0 Å². The van der Waals surface area contributed by atoms with Crippen LogP contribution in [0.1, 0.15) is 56.9 Å². The molecule has 0 saturated heterocycles. The molecular formula is C32H40N2O3. The molecule has 0 aliphatic carbocycles. The van der Waals surface area contributed by atoms with E-state index in [2.05, 4.69) is 32.2 Å². The van der Waals surface area contributed by atoms with E-state index in [0.29, 0.717) is 18.7 Å². The van der Waals surface area contributed by atoms with Gasteiger partial charge in [0.2, 0.25) is 5.91 Å². The normalized spacial score (nSPS) is 12.2. The predicted molar refractivity (Wildman–Crippen MR) is 150 cm³/mol. The summed E-state index contributed by atoms with van der Waals surface area (Å²) in [5.41, 5.74) is 3.97. The Bertz CT molecular complexity index is 1180. The standard InChI is InChI=1S/C32H40N2O3/c1-23(2)33-31(36)28(20-25-14-8-7-9-15-25)34(21-26-16-12-13-24(3)19-26)30(35)22-37-29-18-11-10-17-27(29)32(4,5)6/h7-19,23,28H,20-22H2,1-6H3,(H,33,36)/t28-/m0/s1. The van der Waals surface area contributed by atoms with Gasteiger partial charge in [-0.2, -0.15) is 0 Å². The second-order valence-electron chi connectivity index (χ2n) is 10.9. The minimum absolute atomic E-state index is 0.0448. The van der Waals surface area contributed by atoms with Crippen molar-refractivity contribution in [1.29, 1.82) is 0 Å². The third kappa shape index (κ3) is 8.21. The van der Waals surface area contributed by atoms with Gasteiger partial charge in [0, 0.05) is 19.0 Å². The monoisotopic (exact) mass is 500 g/mol. The molecule has 0 saturated carbocycles. The minimum atomic E-state index is -0.681. The van der Waals surface area contributed by atoms with E-state index >= 15 is 0 Å². The van der Waals surface area contributed by atoms with Crippen LogP contribution in [-0.4, -0.2) is 35.4 Å². The summed E-state index contributed by atoms with van der Waals surface area (Å²) >= 11 is 0. The number of nitrogens with zero attached hydrogens (tertiary/aromatic N) is 1. The highest BCUT2D eigenvalue weighted by atomic mass is 16.5. The second kappa shape index (κ2) is 12.6. The van der Waals surface area contributed by atoms with Crippen LogP contribution in [0.15, 0.2) is 78.9 Å². The molecule has 37 heavy (non-hydrogen) atoms. The summed E-state index contributed by atoms with van der Waals surface area (Å²) in [5, 5.41) is 3.02. The summed E-state index contributed by atoms with van der Waals surface area (Å²) in [4.78, 5) is 29.0. The third-order valence-electron chi connectivity index (χ3n) is 6.18. The maximum Gasteiger partial charge on any atom is 0.261 e. The minimum Gasteiger partial charge on any atom is -0.483 e. The molecule has 5 nitrogen and oxygen atoms in total. The Kier molecular flexibility index (Phi) is 9.51. The fourth-order valence-corrected chi connectivity index (χ4v) is 4.38. The van der Waals surface area contributed by atoms with Gasteiger partial charge < -0.3 is 15.0 Å². The molecule has 0 spiro atoms. The maximum atomic E-state index is 13.8. The van der Waals surface area contributed by atoms with Crippen molar-refractivity contribution in [2.45, 2.75) is 72.0 Å². The van der Waals surface area contributed by atoms with Crippen molar-refractivity contribution in [2.75, 3.05) is 6.61 Å². The molecule has 0 bridgehead atoms. The summed E-state index contributed by atoms with van der Waals surface area (Å²) in [5.74, 6) is 0.283. The smallest absolute Gasteiger partial charge is 0.261 e. The first-order valence-corrected chi connectivity index (χ1v) is 13.0. The van der Waals surface area contributed by atoms with Gasteiger partial charge in [-0.25, -0.2) is 0 Å². The second-order valence-corrected chi connectivity index (χ2v) is 10.9. The maximum absolute atomic E-state index is 13.8. The van der Waals surface area contributed by atoms with Crippen molar-refractivity contribution in [3.63, 3.8) is 0 Å². The highest BCUT2D eigenvalue weighted by molar-refractivity contribution is 5.88. The summed E-state index contributed by atoms with van der Waals surface area (Å²) in [6.07, 6.45) is 0.412. The predicted octanol–water partition coefficient (Wildman–Crippen LogP) is 5.84. The first kappa shape index (κ1) is 28.0. The van der Waals surface area contributed by atoms with E-state index in [1.807, 2.05) is 93.6 Å². The molecular weight excluding hydrogens is 460 g/mol. The number of rotatable bonds is 10. The van der Waals surface area contributed by atoms with Gasteiger partial charge in [0.1, 0.15) is 11.8 Å². The lowest BCUT2D eigenvalue weighted by molar-refractivity contribution is -0.143. The molecule has 1 N–H and O–H groups in total. The summed E-state index contributed by atoms with van der Waals surface area (Å²) < 4.78 is 6.11. The van der Waals surface area contributed by atoms with Gasteiger partial charge in [0.15, 0.2) is 6.61 Å². The van der Waals surface area contributed by atoms with Crippen LogP contribution in [0, 0.1) is 6.92 Å². The number of benzene rings is 3. The molecule has 3 rings (SSSR count). The Hall–Kier alpha value is -3.60. The van der Waals surface area contributed by atoms with Crippen LogP contribution >= 0.6 is 0 Å².